The fraction of sp³-hybridized carbons (Fsp3) is 0.667. The van der Waals surface area contributed by atoms with Crippen molar-refractivity contribution in [3.63, 3.8) is 0 Å². The van der Waals surface area contributed by atoms with E-state index in [0.717, 1.165) is 31.8 Å². The summed E-state index contributed by atoms with van der Waals surface area (Å²) in [6.45, 7) is 2.73. The van der Waals surface area contributed by atoms with E-state index in [4.69, 9.17) is 4.74 Å². The summed E-state index contributed by atoms with van der Waals surface area (Å²) in [5.74, 6) is -0.253. The van der Waals surface area contributed by atoms with Crippen LogP contribution < -0.4 is 10.7 Å². The number of nitrogens with zero attached hydrogens (tertiary/aromatic N) is 2. The summed E-state index contributed by atoms with van der Waals surface area (Å²) in [6.07, 6.45) is 3.61. The van der Waals surface area contributed by atoms with Gasteiger partial charge in [-0.15, -0.1) is 0 Å². The first-order valence-electron chi connectivity index (χ1n) is 6.38. The lowest BCUT2D eigenvalue weighted by Crippen LogP contribution is -2.43. The molecule has 0 aromatic carbocycles. The number of carbonyl (C=O) groups is 1. The summed E-state index contributed by atoms with van der Waals surface area (Å²) >= 11 is 0. The molecule has 98 valence electrons. The van der Waals surface area contributed by atoms with Crippen molar-refractivity contribution in [2.75, 3.05) is 26.7 Å². The average Bonchev–Trinajstić information content (AvgIpc) is 2.63. The van der Waals surface area contributed by atoms with Gasteiger partial charge in [-0.05, 0) is 25.0 Å². The fourth-order valence-electron chi connectivity index (χ4n) is 2.75. The molecule has 0 aromatic rings. The minimum Gasteiger partial charge on any atom is -0.467 e. The van der Waals surface area contributed by atoms with Gasteiger partial charge in [-0.1, -0.05) is 0 Å². The van der Waals surface area contributed by atoms with E-state index in [2.05, 4.69) is 20.7 Å². The monoisotopic (exact) mass is 250 g/mol. The normalized spacial score (nSPS) is 30.8. The smallest absolute Gasteiger partial charge is 0.330 e. The van der Waals surface area contributed by atoms with E-state index in [1.807, 2.05) is 6.21 Å². The number of hydrogen-bond acceptors (Lipinski definition) is 6. The third-order valence-corrected chi connectivity index (χ3v) is 3.75. The Balaban J connectivity index is 1.84. The summed E-state index contributed by atoms with van der Waals surface area (Å²) in [6, 6.07) is 0.0628. The molecule has 2 N–H and O–H groups in total. The van der Waals surface area contributed by atoms with Crippen LogP contribution in [0.4, 0.5) is 0 Å². The number of hydrazine groups is 1. The third-order valence-electron chi connectivity index (χ3n) is 3.75. The van der Waals surface area contributed by atoms with Crippen molar-refractivity contribution in [3.8, 4) is 0 Å². The molecule has 3 aliphatic rings. The quantitative estimate of drug-likeness (QED) is 0.611. The van der Waals surface area contributed by atoms with Gasteiger partial charge in [-0.25, -0.2) is 10.2 Å². The largest absolute Gasteiger partial charge is 0.467 e. The topological polar surface area (TPSA) is 66.0 Å². The molecule has 6 heteroatoms. The van der Waals surface area contributed by atoms with Gasteiger partial charge in [0.2, 0.25) is 0 Å². The third kappa shape index (κ3) is 1.91. The van der Waals surface area contributed by atoms with Crippen LogP contribution in [0.2, 0.25) is 0 Å². The molecule has 3 rings (SSSR count). The van der Waals surface area contributed by atoms with Gasteiger partial charge in [-0.2, -0.15) is 0 Å². The zero-order valence-corrected chi connectivity index (χ0v) is 10.5. The number of hydrogen-bond donors (Lipinski definition) is 2. The van der Waals surface area contributed by atoms with Crippen molar-refractivity contribution >= 4 is 12.2 Å². The van der Waals surface area contributed by atoms with E-state index < -0.39 is 0 Å². The maximum absolute atomic E-state index is 11.5. The van der Waals surface area contributed by atoms with Crippen molar-refractivity contribution in [1.29, 1.82) is 0 Å². The molecule has 1 fully saturated rings. The Bertz CT molecular complexity index is 418. The minimum absolute atomic E-state index is 0.253. The summed E-state index contributed by atoms with van der Waals surface area (Å²) in [7, 11) is 1.41. The van der Waals surface area contributed by atoms with Crippen molar-refractivity contribution < 1.29 is 9.53 Å². The summed E-state index contributed by atoms with van der Waals surface area (Å²) in [5.41, 5.74) is 5.97. The molecule has 0 bridgehead atoms. The second kappa shape index (κ2) is 4.70. The van der Waals surface area contributed by atoms with Crippen molar-refractivity contribution in [1.82, 2.24) is 15.8 Å². The van der Waals surface area contributed by atoms with Crippen molar-refractivity contribution in [3.05, 3.63) is 11.3 Å². The molecule has 0 aromatic heterocycles. The zero-order chi connectivity index (χ0) is 12.5. The van der Waals surface area contributed by atoms with Crippen LogP contribution in [0.3, 0.4) is 0 Å². The van der Waals surface area contributed by atoms with Gasteiger partial charge in [0.15, 0.2) is 0 Å². The Morgan fingerprint density at radius 3 is 3.28 bits per heavy atom. The first kappa shape index (κ1) is 11.7. The predicted octanol–water partition coefficient (Wildman–Crippen LogP) is -0.561. The van der Waals surface area contributed by atoms with Crippen LogP contribution in [-0.2, 0) is 9.53 Å². The number of carbonyl (C=O) groups excluding carboxylic acids is 1. The Morgan fingerprint density at radius 1 is 1.56 bits per heavy atom. The lowest BCUT2D eigenvalue weighted by atomic mass is 10.0. The Hall–Kier alpha value is -1.40. The number of allylic oxidation sites excluding steroid dienone is 1. The van der Waals surface area contributed by atoms with Crippen LogP contribution in [0.5, 0.6) is 0 Å². The molecule has 3 heterocycles. The van der Waals surface area contributed by atoms with Crippen LogP contribution in [0.1, 0.15) is 12.8 Å². The second-order valence-corrected chi connectivity index (χ2v) is 4.82. The minimum atomic E-state index is -0.370. The van der Waals surface area contributed by atoms with Crippen LogP contribution >= 0.6 is 0 Å². The second-order valence-electron chi connectivity index (χ2n) is 4.82. The Labute approximate surface area is 106 Å². The number of aliphatic imine (C=N–C) groups is 1. The number of esters is 1. The SMILES string of the molecule is COC(=O)C1CCN2NC3CCNCC3=C2C=N1. The van der Waals surface area contributed by atoms with Gasteiger partial charge < -0.3 is 15.1 Å². The maximum Gasteiger partial charge on any atom is 0.330 e. The van der Waals surface area contributed by atoms with Gasteiger partial charge in [0.05, 0.1) is 18.8 Å². The Morgan fingerprint density at radius 2 is 2.44 bits per heavy atom. The van der Waals surface area contributed by atoms with E-state index in [-0.39, 0.29) is 12.0 Å². The highest BCUT2D eigenvalue weighted by atomic mass is 16.5. The van der Waals surface area contributed by atoms with Gasteiger partial charge in [-0.3, -0.25) is 4.99 Å². The first-order valence-corrected chi connectivity index (χ1v) is 6.38. The van der Waals surface area contributed by atoms with E-state index in [9.17, 15) is 4.79 Å². The summed E-state index contributed by atoms with van der Waals surface area (Å²) in [4.78, 5) is 15.9. The summed E-state index contributed by atoms with van der Waals surface area (Å²) < 4.78 is 4.75. The lowest BCUT2D eigenvalue weighted by Gasteiger charge is -2.23. The first-order chi connectivity index (χ1) is 8.79. The van der Waals surface area contributed by atoms with E-state index in [1.54, 1.807) is 0 Å². The fourth-order valence-corrected chi connectivity index (χ4v) is 2.75. The molecule has 6 nitrogen and oxygen atoms in total. The van der Waals surface area contributed by atoms with Crippen LogP contribution in [0.15, 0.2) is 16.3 Å². The van der Waals surface area contributed by atoms with Crippen LogP contribution in [-0.4, -0.2) is 56.0 Å². The molecular formula is C12H18N4O2. The summed E-state index contributed by atoms with van der Waals surface area (Å²) in [5, 5.41) is 5.50. The molecule has 1 saturated heterocycles. The molecule has 0 radical (unpaired) electrons. The van der Waals surface area contributed by atoms with Gasteiger partial charge in [0, 0.05) is 19.3 Å². The molecule has 3 aliphatic heterocycles. The molecule has 0 saturated carbocycles. The Kier molecular flexibility index (Phi) is 3.05. The lowest BCUT2D eigenvalue weighted by molar-refractivity contribution is -0.142. The molecule has 2 unspecified atom stereocenters. The predicted molar refractivity (Wildman–Crippen MR) is 67.1 cm³/mol. The standard InChI is InChI=1S/C12H18N4O2/c1-18-12(17)10-3-5-16-11(7-14-10)8-6-13-4-2-9(8)15-16/h7,9-10,13,15H,2-6H2,1H3. The van der Waals surface area contributed by atoms with Gasteiger partial charge in [0.1, 0.15) is 6.04 Å². The number of ether oxygens (including phenoxy) is 1. The highest BCUT2D eigenvalue weighted by Crippen LogP contribution is 2.25. The maximum atomic E-state index is 11.5. The molecule has 0 spiro atoms. The van der Waals surface area contributed by atoms with Gasteiger partial charge in [0.25, 0.3) is 0 Å². The van der Waals surface area contributed by atoms with Crippen molar-refractivity contribution in [2.24, 2.45) is 4.99 Å². The highest BCUT2D eigenvalue weighted by molar-refractivity contribution is 5.85. The zero-order valence-electron chi connectivity index (χ0n) is 10.5. The number of methoxy groups -OCH3 is 1. The molecule has 2 atom stereocenters. The van der Waals surface area contributed by atoms with E-state index in [0.29, 0.717) is 12.5 Å². The number of piperidine rings is 1. The number of nitrogens with one attached hydrogen (secondary N) is 2. The number of rotatable bonds is 1. The van der Waals surface area contributed by atoms with E-state index in [1.165, 1.54) is 12.7 Å². The van der Waals surface area contributed by atoms with Crippen LogP contribution in [0, 0.1) is 0 Å². The van der Waals surface area contributed by atoms with Crippen LogP contribution in [0.25, 0.3) is 0 Å². The van der Waals surface area contributed by atoms with Gasteiger partial charge >= 0.3 is 5.97 Å². The molecule has 0 amide bonds. The molecule has 0 aliphatic carbocycles. The number of fused-ring (bicyclic) bond motifs is 2. The van der Waals surface area contributed by atoms with Crippen molar-refractivity contribution in [2.45, 2.75) is 24.9 Å². The average molecular weight is 250 g/mol. The molecular weight excluding hydrogens is 232 g/mol. The highest BCUT2D eigenvalue weighted by Gasteiger charge is 2.34. The molecule has 18 heavy (non-hydrogen) atoms. The van der Waals surface area contributed by atoms with E-state index >= 15 is 0 Å².